The van der Waals surface area contributed by atoms with Crippen molar-refractivity contribution in [2.24, 2.45) is 5.73 Å². The molecule has 2 aromatic carbocycles. The minimum absolute atomic E-state index is 0.0950. The maximum atomic E-state index is 13.2. The molecule has 1 atom stereocenters. The Bertz CT molecular complexity index is 567. The smallest absolute Gasteiger partial charge is 0.123 e. The van der Waals surface area contributed by atoms with Gasteiger partial charge in [0.1, 0.15) is 5.82 Å². The number of hydrogen-bond donors (Lipinski definition) is 1. The van der Waals surface area contributed by atoms with Crippen molar-refractivity contribution < 1.29 is 4.39 Å². The van der Waals surface area contributed by atoms with Gasteiger partial charge in [0, 0.05) is 6.04 Å². The highest BCUT2D eigenvalue weighted by molar-refractivity contribution is 5.40. The molecule has 2 aromatic rings. The molecule has 0 aromatic heterocycles. The van der Waals surface area contributed by atoms with E-state index in [0.29, 0.717) is 6.42 Å². The summed E-state index contributed by atoms with van der Waals surface area (Å²) in [6.45, 7) is 6.25. The summed E-state index contributed by atoms with van der Waals surface area (Å²) in [5.74, 6) is -0.206. The second-order valence-electron chi connectivity index (χ2n) is 5.25. The van der Waals surface area contributed by atoms with Crippen LogP contribution in [0.3, 0.4) is 0 Å². The minimum Gasteiger partial charge on any atom is -0.324 e. The molecule has 19 heavy (non-hydrogen) atoms. The highest BCUT2D eigenvalue weighted by atomic mass is 19.1. The van der Waals surface area contributed by atoms with Crippen LogP contribution in [-0.4, -0.2) is 0 Å². The van der Waals surface area contributed by atoms with Crippen molar-refractivity contribution in [2.75, 3.05) is 0 Å². The molecular weight excluding hydrogens is 237 g/mol. The van der Waals surface area contributed by atoms with Gasteiger partial charge in [-0.05, 0) is 61.6 Å². The third-order valence-corrected chi connectivity index (χ3v) is 3.45. The molecule has 0 radical (unpaired) electrons. The van der Waals surface area contributed by atoms with Gasteiger partial charge in [-0.15, -0.1) is 0 Å². The number of rotatable bonds is 3. The Morgan fingerprint density at radius 1 is 1.05 bits per heavy atom. The van der Waals surface area contributed by atoms with Crippen LogP contribution in [0.15, 0.2) is 36.4 Å². The Morgan fingerprint density at radius 3 is 2.26 bits per heavy atom. The summed E-state index contributed by atoms with van der Waals surface area (Å²) in [7, 11) is 0. The van der Waals surface area contributed by atoms with E-state index in [1.54, 1.807) is 12.1 Å². The number of benzene rings is 2. The molecule has 0 spiro atoms. The minimum atomic E-state index is -0.206. The molecule has 0 aliphatic carbocycles. The fourth-order valence-corrected chi connectivity index (χ4v) is 2.80. The molecule has 0 bridgehead atoms. The second-order valence-corrected chi connectivity index (χ2v) is 5.25. The van der Waals surface area contributed by atoms with E-state index in [1.165, 1.54) is 28.3 Å². The van der Waals surface area contributed by atoms with Gasteiger partial charge in [0.15, 0.2) is 0 Å². The van der Waals surface area contributed by atoms with Gasteiger partial charge >= 0.3 is 0 Å². The van der Waals surface area contributed by atoms with Crippen LogP contribution in [0.2, 0.25) is 0 Å². The maximum Gasteiger partial charge on any atom is 0.123 e. The molecule has 0 aliphatic heterocycles. The average Bonchev–Trinajstić information content (AvgIpc) is 2.27. The van der Waals surface area contributed by atoms with Crippen molar-refractivity contribution >= 4 is 0 Å². The molecule has 0 aliphatic rings. The summed E-state index contributed by atoms with van der Waals surface area (Å²) >= 11 is 0. The quantitative estimate of drug-likeness (QED) is 0.884. The van der Waals surface area contributed by atoms with E-state index < -0.39 is 0 Å². The highest BCUT2D eigenvalue weighted by Crippen LogP contribution is 2.24. The van der Waals surface area contributed by atoms with Gasteiger partial charge in [0.25, 0.3) is 0 Å². The van der Waals surface area contributed by atoms with E-state index in [0.717, 1.165) is 5.56 Å². The van der Waals surface area contributed by atoms with Crippen LogP contribution in [-0.2, 0) is 6.42 Å². The third-order valence-electron chi connectivity index (χ3n) is 3.45. The Hall–Kier alpha value is -1.67. The Labute approximate surface area is 114 Å². The van der Waals surface area contributed by atoms with Crippen molar-refractivity contribution in [1.29, 1.82) is 0 Å². The molecular formula is C17H20FN. The topological polar surface area (TPSA) is 26.0 Å². The Balaban J connectivity index is 2.28. The number of aryl methyl sites for hydroxylation is 3. The van der Waals surface area contributed by atoms with E-state index >= 15 is 0 Å². The van der Waals surface area contributed by atoms with Gasteiger partial charge in [-0.3, -0.25) is 0 Å². The van der Waals surface area contributed by atoms with E-state index in [9.17, 15) is 4.39 Å². The summed E-state index contributed by atoms with van der Waals surface area (Å²) in [5.41, 5.74) is 12.1. The van der Waals surface area contributed by atoms with Crippen LogP contribution in [0.1, 0.15) is 33.9 Å². The van der Waals surface area contributed by atoms with Crippen LogP contribution >= 0.6 is 0 Å². The van der Waals surface area contributed by atoms with Crippen molar-refractivity contribution in [3.63, 3.8) is 0 Å². The van der Waals surface area contributed by atoms with Crippen molar-refractivity contribution in [3.8, 4) is 0 Å². The van der Waals surface area contributed by atoms with Gasteiger partial charge < -0.3 is 5.73 Å². The van der Waals surface area contributed by atoms with Gasteiger partial charge in [-0.2, -0.15) is 0 Å². The molecule has 0 saturated heterocycles. The van der Waals surface area contributed by atoms with Crippen LogP contribution in [0.25, 0.3) is 0 Å². The fraction of sp³-hybridized carbons (Fsp3) is 0.294. The molecule has 0 saturated carbocycles. The zero-order chi connectivity index (χ0) is 14.0. The molecule has 0 fully saturated rings. The molecule has 0 amide bonds. The normalized spacial score (nSPS) is 12.5. The molecule has 1 nitrogen and oxygen atoms in total. The molecule has 0 heterocycles. The fourth-order valence-electron chi connectivity index (χ4n) is 2.80. The summed E-state index contributed by atoms with van der Waals surface area (Å²) in [6.07, 6.45) is 0.655. The van der Waals surface area contributed by atoms with E-state index in [4.69, 9.17) is 5.73 Å². The van der Waals surface area contributed by atoms with E-state index in [-0.39, 0.29) is 11.9 Å². The van der Waals surface area contributed by atoms with Crippen molar-refractivity contribution in [1.82, 2.24) is 0 Å². The van der Waals surface area contributed by atoms with Crippen LogP contribution in [0, 0.1) is 26.6 Å². The lowest BCUT2D eigenvalue weighted by Gasteiger charge is -2.18. The number of nitrogens with two attached hydrogens (primary N) is 1. The second kappa shape index (κ2) is 5.54. The average molecular weight is 257 g/mol. The highest BCUT2D eigenvalue weighted by Gasteiger charge is 2.13. The van der Waals surface area contributed by atoms with Crippen LogP contribution in [0.4, 0.5) is 4.39 Å². The first-order valence-electron chi connectivity index (χ1n) is 6.55. The predicted octanol–water partition coefficient (Wildman–Crippen LogP) is 3.99. The lowest BCUT2D eigenvalue weighted by Crippen LogP contribution is -2.16. The van der Waals surface area contributed by atoms with Gasteiger partial charge in [-0.1, -0.05) is 29.8 Å². The summed E-state index contributed by atoms with van der Waals surface area (Å²) in [4.78, 5) is 0. The SMILES string of the molecule is Cc1cc(C)c(C(N)Cc2cccc(F)c2)c(C)c1. The number of halogens is 1. The molecule has 100 valence electrons. The van der Waals surface area contributed by atoms with Crippen LogP contribution < -0.4 is 5.73 Å². The zero-order valence-electron chi connectivity index (χ0n) is 11.7. The maximum absolute atomic E-state index is 13.2. The van der Waals surface area contributed by atoms with E-state index in [1.807, 2.05) is 6.07 Å². The van der Waals surface area contributed by atoms with Crippen LogP contribution in [0.5, 0.6) is 0 Å². The Kier molecular flexibility index (Phi) is 4.01. The van der Waals surface area contributed by atoms with Crippen molar-refractivity contribution in [2.45, 2.75) is 33.2 Å². The van der Waals surface area contributed by atoms with Gasteiger partial charge in [0.05, 0.1) is 0 Å². The van der Waals surface area contributed by atoms with Gasteiger partial charge in [0.2, 0.25) is 0 Å². The first-order chi connectivity index (χ1) is 8.97. The molecule has 1 unspecified atom stereocenters. The first-order valence-corrected chi connectivity index (χ1v) is 6.55. The number of hydrogen-bond acceptors (Lipinski definition) is 1. The summed E-state index contributed by atoms with van der Waals surface area (Å²) in [6, 6.07) is 10.9. The standard InChI is InChI=1S/C17H20FN/c1-11-7-12(2)17(13(3)8-11)16(19)10-14-5-4-6-15(18)9-14/h4-9,16H,10,19H2,1-3H3. The summed E-state index contributed by atoms with van der Waals surface area (Å²) < 4.78 is 13.2. The summed E-state index contributed by atoms with van der Waals surface area (Å²) in [5, 5.41) is 0. The largest absolute Gasteiger partial charge is 0.324 e. The first kappa shape index (κ1) is 13.8. The Morgan fingerprint density at radius 2 is 1.68 bits per heavy atom. The van der Waals surface area contributed by atoms with Gasteiger partial charge in [-0.25, -0.2) is 4.39 Å². The molecule has 2 N–H and O–H groups in total. The molecule has 2 rings (SSSR count). The predicted molar refractivity (Wildman–Crippen MR) is 77.7 cm³/mol. The van der Waals surface area contributed by atoms with Crippen molar-refractivity contribution in [3.05, 3.63) is 70.0 Å². The third kappa shape index (κ3) is 3.21. The monoisotopic (exact) mass is 257 g/mol. The molecule has 2 heteroatoms. The lowest BCUT2D eigenvalue weighted by atomic mass is 9.91. The van der Waals surface area contributed by atoms with E-state index in [2.05, 4.69) is 32.9 Å². The zero-order valence-corrected chi connectivity index (χ0v) is 11.7. The lowest BCUT2D eigenvalue weighted by molar-refractivity contribution is 0.621.